The van der Waals surface area contributed by atoms with E-state index in [4.69, 9.17) is 0 Å². The van der Waals surface area contributed by atoms with Crippen molar-refractivity contribution in [1.29, 1.82) is 0 Å². The number of aromatic amines is 1. The molecule has 1 aliphatic heterocycles. The van der Waals surface area contributed by atoms with Gasteiger partial charge in [0, 0.05) is 18.3 Å². The lowest BCUT2D eigenvalue weighted by Gasteiger charge is -2.09. The Morgan fingerprint density at radius 3 is 3.10 bits per heavy atom. The third-order valence-corrected chi connectivity index (χ3v) is 6.26. The molecule has 0 radical (unpaired) electrons. The van der Waals surface area contributed by atoms with Crippen LogP contribution in [0.2, 0.25) is 0 Å². The maximum Gasteiger partial charge on any atom is 0.166 e. The lowest BCUT2D eigenvalue weighted by atomic mass is 10.2. The topological polar surface area (TPSA) is 74.8 Å². The molecule has 0 saturated carbocycles. The number of hydrogen-bond acceptors (Lipinski definition) is 5. The van der Waals surface area contributed by atoms with Gasteiger partial charge in [0.25, 0.3) is 0 Å². The zero-order valence-corrected chi connectivity index (χ0v) is 13.6. The van der Waals surface area contributed by atoms with Crippen LogP contribution in [-0.2, 0) is 9.84 Å². The van der Waals surface area contributed by atoms with Gasteiger partial charge in [-0.1, -0.05) is 17.8 Å². The Labute approximate surface area is 128 Å². The molecule has 7 heteroatoms. The molecule has 0 amide bonds. The fourth-order valence-electron chi connectivity index (χ4n) is 2.54. The molecule has 2 aromatic rings. The minimum Gasteiger partial charge on any atom is -0.333 e. The van der Waals surface area contributed by atoms with E-state index in [0.29, 0.717) is 5.75 Å². The zero-order chi connectivity index (χ0) is 14.9. The number of imidazole rings is 1. The monoisotopic (exact) mass is 325 g/mol. The summed E-state index contributed by atoms with van der Waals surface area (Å²) in [6, 6.07) is 6.29. The van der Waals surface area contributed by atoms with Crippen molar-refractivity contribution in [3.8, 4) is 0 Å². The van der Waals surface area contributed by atoms with E-state index >= 15 is 0 Å². The van der Waals surface area contributed by atoms with Crippen molar-refractivity contribution in [2.45, 2.75) is 24.5 Å². The van der Waals surface area contributed by atoms with Crippen LogP contribution >= 0.6 is 11.8 Å². The number of thioether (sulfide) groups is 1. The molecule has 1 atom stereocenters. The number of aromatic nitrogens is 2. The maximum atomic E-state index is 11.4. The number of benzene rings is 1. The van der Waals surface area contributed by atoms with E-state index in [0.717, 1.165) is 34.9 Å². The third kappa shape index (κ3) is 3.78. The molecule has 21 heavy (non-hydrogen) atoms. The number of rotatable bonds is 5. The van der Waals surface area contributed by atoms with E-state index in [1.54, 1.807) is 11.8 Å². The van der Waals surface area contributed by atoms with Crippen molar-refractivity contribution in [3.63, 3.8) is 0 Å². The van der Waals surface area contributed by atoms with Gasteiger partial charge in [0.15, 0.2) is 15.0 Å². The number of aryl methyl sites for hydroxylation is 1. The van der Waals surface area contributed by atoms with E-state index in [-0.39, 0.29) is 11.8 Å². The first-order chi connectivity index (χ1) is 10.0. The molecule has 2 heterocycles. The first-order valence-electron chi connectivity index (χ1n) is 7.05. The summed E-state index contributed by atoms with van der Waals surface area (Å²) < 4.78 is 22.7. The summed E-state index contributed by atoms with van der Waals surface area (Å²) in [5, 5.41) is 4.22. The first-order valence-corrected chi connectivity index (χ1v) is 9.85. The van der Waals surface area contributed by atoms with Gasteiger partial charge in [0.05, 0.1) is 22.5 Å². The van der Waals surface area contributed by atoms with Crippen LogP contribution in [0.1, 0.15) is 12.0 Å². The number of sulfone groups is 1. The van der Waals surface area contributed by atoms with Gasteiger partial charge in [0.1, 0.15) is 0 Å². The molecule has 114 valence electrons. The minimum atomic E-state index is -2.79. The Bertz CT molecular complexity index is 740. The molecule has 1 saturated heterocycles. The predicted octanol–water partition coefficient (Wildman–Crippen LogP) is 1.74. The zero-order valence-electron chi connectivity index (χ0n) is 11.9. The summed E-state index contributed by atoms with van der Waals surface area (Å²) in [7, 11) is -2.79. The van der Waals surface area contributed by atoms with E-state index in [1.807, 2.05) is 6.07 Å². The summed E-state index contributed by atoms with van der Waals surface area (Å²) in [4.78, 5) is 7.84. The highest BCUT2D eigenvalue weighted by Gasteiger charge is 2.26. The van der Waals surface area contributed by atoms with Gasteiger partial charge in [-0.15, -0.1) is 0 Å². The largest absolute Gasteiger partial charge is 0.333 e. The van der Waals surface area contributed by atoms with Gasteiger partial charge in [0.2, 0.25) is 0 Å². The van der Waals surface area contributed by atoms with Gasteiger partial charge in [-0.3, -0.25) is 0 Å². The van der Waals surface area contributed by atoms with Crippen LogP contribution in [-0.4, -0.2) is 48.2 Å². The van der Waals surface area contributed by atoms with Crippen LogP contribution in [0.4, 0.5) is 0 Å². The fraction of sp³-hybridized carbons (Fsp3) is 0.500. The van der Waals surface area contributed by atoms with E-state index < -0.39 is 9.84 Å². The van der Waals surface area contributed by atoms with Crippen LogP contribution in [0, 0.1) is 6.92 Å². The quantitative estimate of drug-likeness (QED) is 0.647. The molecular formula is C14H19N3O2S2. The van der Waals surface area contributed by atoms with Gasteiger partial charge < -0.3 is 10.3 Å². The van der Waals surface area contributed by atoms with Crippen LogP contribution < -0.4 is 5.32 Å². The van der Waals surface area contributed by atoms with Crippen LogP contribution in [0.5, 0.6) is 0 Å². The van der Waals surface area contributed by atoms with Gasteiger partial charge in [-0.25, -0.2) is 13.4 Å². The Morgan fingerprint density at radius 2 is 2.33 bits per heavy atom. The second kappa shape index (κ2) is 5.98. The van der Waals surface area contributed by atoms with E-state index in [1.165, 1.54) is 5.56 Å². The first kappa shape index (κ1) is 14.9. The van der Waals surface area contributed by atoms with Gasteiger partial charge in [-0.05, 0) is 31.0 Å². The lowest BCUT2D eigenvalue weighted by molar-refractivity contribution is 0.574. The standard InChI is InChI=1S/C14H19N3O2S2/c1-10-2-3-12-13(8-10)17-14(16-12)20-6-5-15-11-4-7-21(18,19)9-11/h2-3,8,11,15H,4-7,9H2,1H3,(H,16,17). The highest BCUT2D eigenvalue weighted by Crippen LogP contribution is 2.20. The maximum absolute atomic E-state index is 11.4. The summed E-state index contributed by atoms with van der Waals surface area (Å²) in [5.74, 6) is 1.47. The lowest BCUT2D eigenvalue weighted by Crippen LogP contribution is -2.31. The Morgan fingerprint density at radius 1 is 1.48 bits per heavy atom. The molecule has 1 aliphatic rings. The number of nitrogens with one attached hydrogen (secondary N) is 2. The molecule has 1 fully saturated rings. The van der Waals surface area contributed by atoms with Crippen molar-refractivity contribution < 1.29 is 8.42 Å². The van der Waals surface area contributed by atoms with Crippen molar-refractivity contribution in [3.05, 3.63) is 23.8 Å². The summed E-state index contributed by atoms with van der Waals surface area (Å²) in [6.07, 6.45) is 0.733. The fourth-order valence-corrected chi connectivity index (χ4v) is 5.00. The summed E-state index contributed by atoms with van der Waals surface area (Å²) in [6.45, 7) is 2.85. The molecule has 1 aromatic carbocycles. The Kier molecular flexibility index (Phi) is 4.24. The molecule has 5 nitrogen and oxygen atoms in total. The molecule has 1 unspecified atom stereocenters. The molecule has 0 bridgehead atoms. The molecule has 1 aromatic heterocycles. The smallest absolute Gasteiger partial charge is 0.166 e. The highest BCUT2D eigenvalue weighted by molar-refractivity contribution is 7.99. The Hall–Kier alpha value is -1.05. The number of nitrogens with zero attached hydrogens (tertiary/aromatic N) is 1. The summed E-state index contributed by atoms with van der Waals surface area (Å²) in [5.41, 5.74) is 3.26. The van der Waals surface area contributed by atoms with E-state index in [2.05, 4.69) is 34.3 Å². The minimum absolute atomic E-state index is 0.119. The van der Waals surface area contributed by atoms with Crippen LogP contribution in [0.15, 0.2) is 23.4 Å². The highest BCUT2D eigenvalue weighted by atomic mass is 32.2. The predicted molar refractivity (Wildman–Crippen MR) is 86.6 cm³/mol. The molecule has 3 rings (SSSR count). The SMILES string of the molecule is Cc1ccc2nc(SCCNC3CCS(=O)(=O)C3)[nH]c2c1. The second-order valence-electron chi connectivity index (χ2n) is 5.47. The van der Waals surface area contributed by atoms with Gasteiger partial charge in [-0.2, -0.15) is 0 Å². The van der Waals surface area contributed by atoms with Crippen molar-refractivity contribution in [1.82, 2.24) is 15.3 Å². The van der Waals surface area contributed by atoms with Crippen molar-refractivity contribution in [2.75, 3.05) is 23.8 Å². The summed E-state index contributed by atoms with van der Waals surface area (Å²) >= 11 is 1.66. The number of H-pyrrole nitrogens is 1. The number of hydrogen-bond donors (Lipinski definition) is 2. The van der Waals surface area contributed by atoms with Crippen LogP contribution in [0.3, 0.4) is 0 Å². The molecular weight excluding hydrogens is 306 g/mol. The van der Waals surface area contributed by atoms with E-state index in [9.17, 15) is 8.42 Å². The van der Waals surface area contributed by atoms with Crippen molar-refractivity contribution >= 4 is 32.6 Å². The van der Waals surface area contributed by atoms with Crippen LogP contribution in [0.25, 0.3) is 11.0 Å². The van der Waals surface area contributed by atoms with Gasteiger partial charge >= 0.3 is 0 Å². The van der Waals surface area contributed by atoms with Crippen molar-refractivity contribution in [2.24, 2.45) is 0 Å². The third-order valence-electron chi connectivity index (χ3n) is 3.62. The Balaban J connectivity index is 1.48. The average Bonchev–Trinajstić information content (AvgIpc) is 2.97. The number of fused-ring (bicyclic) bond motifs is 1. The average molecular weight is 325 g/mol. The molecule has 0 aliphatic carbocycles. The normalized spacial score (nSPS) is 21.1. The second-order valence-corrected chi connectivity index (χ2v) is 8.78. The molecule has 2 N–H and O–H groups in total. The molecule has 0 spiro atoms.